The Morgan fingerprint density at radius 1 is 1.35 bits per heavy atom. The second-order valence-electron chi connectivity index (χ2n) is 4.97. The van der Waals surface area contributed by atoms with Crippen molar-refractivity contribution >= 4 is 24.3 Å². The van der Waals surface area contributed by atoms with Crippen LogP contribution < -0.4 is 0 Å². The Labute approximate surface area is 106 Å². The SMILES string of the molecule is Cl.O=C1CCC2(C(=O)O)C3CCCN3CCN12. The molecule has 0 aromatic carbocycles. The van der Waals surface area contributed by atoms with Crippen LogP contribution in [0, 0.1) is 0 Å². The molecule has 3 aliphatic rings. The highest BCUT2D eigenvalue weighted by atomic mass is 35.5. The molecular formula is C11H17ClN2O3. The summed E-state index contributed by atoms with van der Waals surface area (Å²) in [4.78, 5) is 27.3. The van der Waals surface area contributed by atoms with E-state index < -0.39 is 11.5 Å². The number of hydrogen-bond acceptors (Lipinski definition) is 3. The van der Waals surface area contributed by atoms with Gasteiger partial charge in [0.1, 0.15) is 0 Å². The molecule has 3 fully saturated rings. The van der Waals surface area contributed by atoms with Gasteiger partial charge in [0, 0.05) is 25.6 Å². The Kier molecular flexibility index (Phi) is 3.08. The zero-order valence-electron chi connectivity index (χ0n) is 9.59. The fraction of sp³-hybridized carbons (Fsp3) is 0.818. The first kappa shape index (κ1) is 12.6. The van der Waals surface area contributed by atoms with Gasteiger partial charge < -0.3 is 10.0 Å². The lowest BCUT2D eigenvalue weighted by atomic mass is 9.84. The summed E-state index contributed by atoms with van der Waals surface area (Å²) in [6, 6.07) is 0.0465. The average molecular weight is 261 g/mol. The fourth-order valence-electron chi connectivity index (χ4n) is 3.69. The van der Waals surface area contributed by atoms with E-state index >= 15 is 0 Å². The zero-order valence-corrected chi connectivity index (χ0v) is 10.4. The van der Waals surface area contributed by atoms with Crippen molar-refractivity contribution in [2.45, 2.75) is 37.3 Å². The maximum absolute atomic E-state index is 11.8. The summed E-state index contributed by atoms with van der Waals surface area (Å²) < 4.78 is 0. The van der Waals surface area contributed by atoms with Crippen LogP contribution in [0.3, 0.4) is 0 Å². The number of amides is 1. The molecule has 17 heavy (non-hydrogen) atoms. The van der Waals surface area contributed by atoms with Gasteiger partial charge in [-0.15, -0.1) is 12.4 Å². The number of carboxylic acids is 1. The molecule has 0 saturated carbocycles. The first-order chi connectivity index (χ1) is 7.66. The molecule has 2 unspecified atom stereocenters. The predicted molar refractivity (Wildman–Crippen MR) is 63.2 cm³/mol. The zero-order chi connectivity index (χ0) is 11.3. The fourth-order valence-corrected chi connectivity index (χ4v) is 3.69. The maximum atomic E-state index is 11.8. The van der Waals surface area contributed by atoms with Crippen LogP contribution in [0.1, 0.15) is 25.7 Å². The number of carbonyl (C=O) groups excluding carboxylic acids is 1. The number of halogens is 1. The number of carboxylic acid groups (broad SMARTS) is 1. The molecule has 0 aromatic heterocycles. The highest BCUT2D eigenvalue weighted by molar-refractivity contribution is 5.92. The van der Waals surface area contributed by atoms with Crippen LogP contribution in [-0.4, -0.2) is 58.0 Å². The smallest absolute Gasteiger partial charge is 0.331 e. The molecule has 6 heteroatoms. The average Bonchev–Trinajstić information content (AvgIpc) is 2.82. The number of piperazine rings is 1. The van der Waals surface area contributed by atoms with Crippen molar-refractivity contribution in [2.24, 2.45) is 0 Å². The molecule has 0 spiro atoms. The van der Waals surface area contributed by atoms with E-state index in [0.29, 0.717) is 19.4 Å². The van der Waals surface area contributed by atoms with Crippen LogP contribution in [0.5, 0.6) is 0 Å². The van der Waals surface area contributed by atoms with E-state index in [1.165, 1.54) is 0 Å². The van der Waals surface area contributed by atoms with Gasteiger partial charge in [-0.1, -0.05) is 0 Å². The number of fused-ring (bicyclic) bond motifs is 3. The van der Waals surface area contributed by atoms with Crippen molar-refractivity contribution in [1.29, 1.82) is 0 Å². The Bertz CT molecular complexity index is 363. The summed E-state index contributed by atoms with van der Waals surface area (Å²) >= 11 is 0. The number of hydrogen-bond donors (Lipinski definition) is 1. The summed E-state index contributed by atoms with van der Waals surface area (Å²) in [7, 11) is 0. The minimum Gasteiger partial charge on any atom is -0.479 e. The number of carbonyl (C=O) groups is 2. The van der Waals surface area contributed by atoms with Crippen LogP contribution >= 0.6 is 12.4 Å². The van der Waals surface area contributed by atoms with E-state index in [0.717, 1.165) is 25.9 Å². The summed E-state index contributed by atoms with van der Waals surface area (Å²) in [6.45, 7) is 2.41. The van der Waals surface area contributed by atoms with Gasteiger partial charge in [-0.05, 0) is 25.8 Å². The molecule has 0 aliphatic carbocycles. The van der Waals surface area contributed by atoms with Gasteiger partial charge in [-0.25, -0.2) is 4.79 Å². The van der Waals surface area contributed by atoms with E-state index in [9.17, 15) is 14.7 Å². The number of aliphatic carboxylic acids is 1. The van der Waals surface area contributed by atoms with Crippen molar-refractivity contribution in [2.75, 3.05) is 19.6 Å². The third-order valence-corrected chi connectivity index (χ3v) is 4.40. The second kappa shape index (κ2) is 4.14. The third kappa shape index (κ3) is 1.48. The van der Waals surface area contributed by atoms with Crippen molar-refractivity contribution < 1.29 is 14.7 Å². The van der Waals surface area contributed by atoms with Gasteiger partial charge in [0.15, 0.2) is 5.54 Å². The highest BCUT2D eigenvalue weighted by Gasteiger charge is 2.60. The molecule has 3 rings (SSSR count). The first-order valence-corrected chi connectivity index (χ1v) is 5.94. The second-order valence-corrected chi connectivity index (χ2v) is 4.97. The molecule has 3 aliphatic heterocycles. The summed E-state index contributed by atoms with van der Waals surface area (Å²) in [6.07, 6.45) is 2.86. The van der Waals surface area contributed by atoms with E-state index in [4.69, 9.17) is 0 Å². The Morgan fingerprint density at radius 3 is 2.82 bits per heavy atom. The van der Waals surface area contributed by atoms with Crippen LogP contribution in [0.4, 0.5) is 0 Å². The van der Waals surface area contributed by atoms with Crippen LogP contribution in [0.25, 0.3) is 0 Å². The van der Waals surface area contributed by atoms with Crippen LogP contribution in [0.2, 0.25) is 0 Å². The van der Waals surface area contributed by atoms with Gasteiger partial charge in [0.2, 0.25) is 5.91 Å². The van der Waals surface area contributed by atoms with Crippen LogP contribution in [-0.2, 0) is 9.59 Å². The standard InChI is InChI=1S/C11H16N2O3.ClH/c14-9-3-4-11(10(15)16)8-2-1-5-12(8)6-7-13(9)11;/h8H,1-7H2,(H,15,16);1H. The molecular weight excluding hydrogens is 244 g/mol. The van der Waals surface area contributed by atoms with Gasteiger partial charge in [0.05, 0.1) is 0 Å². The van der Waals surface area contributed by atoms with Crippen molar-refractivity contribution in [3.8, 4) is 0 Å². The highest BCUT2D eigenvalue weighted by Crippen LogP contribution is 2.42. The summed E-state index contributed by atoms with van der Waals surface area (Å²) in [5.41, 5.74) is -0.911. The topological polar surface area (TPSA) is 60.9 Å². The van der Waals surface area contributed by atoms with Crippen molar-refractivity contribution in [3.05, 3.63) is 0 Å². The Hall–Kier alpha value is -0.810. The van der Waals surface area contributed by atoms with E-state index in [1.54, 1.807) is 4.90 Å². The van der Waals surface area contributed by atoms with E-state index in [1.807, 2.05) is 0 Å². The minimum atomic E-state index is -0.911. The largest absolute Gasteiger partial charge is 0.479 e. The quantitative estimate of drug-likeness (QED) is 0.738. The van der Waals surface area contributed by atoms with Gasteiger partial charge in [0.25, 0.3) is 0 Å². The third-order valence-electron chi connectivity index (χ3n) is 4.40. The first-order valence-electron chi connectivity index (χ1n) is 5.94. The Balaban J connectivity index is 0.00000108. The Morgan fingerprint density at radius 2 is 2.12 bits per heavy atom. The lowest BCUT2D eigenvalue weighted by Crippen LogP contribution is -2.68. The van der Waals surface area contributed by atoms with Gasteiger partial charge in [-0.2, -0.15) is 0 Å². The normalized spacial score (nSPS) is 36.4. The molecule has 0 bridgehead atoms. The lowest BCUT2D eigenvalue weighted by molar-refractivity contribution is -0.163. The molecule has 2 atom stereocenters. The molecule has 0 radical (unpaired) electrons. The van der Waals surface area contributed by atoms with Crippen molar-refractivity contribution in [1.82, 2.24) is 9.80 Å². The molecule has 3 saturated heterocycles. The molecule has 0 aromatic rings. The minimum absolute atomic E-state index is 0. The van der Waals surface area contributed by atoms with E-state index in [-0.39, 0.29) is 24.4 Å². The molecule has 3 heterocycles. The van der Waals surface area contributed by atoms with Crippen molar-refractivity contribution in [3.63, 3.8) is 0 Å². The maximum Gasteiger partial charge on any atom is 0.331 e. The predicted octanol–water partition coefficient (Wildman–Crippen LogP) is 0.332. The molecule has 96 valence electrons. The molecule has 1 amide bonds. The number of nitrogens with zero attached hydrogens (tertiary/aromatic N) is 2. The molecule has 1 N–H and O–H groups in total. The van der Waals surface area contributed by atoms with Crippen LogP contribution in [0.15, 0.2) is 0 Å². The van der Waals surface area contributed by atoms with Gasteiger partial charge >= 0.3 is 5.97 Å². The van der Waals surface area contributed by atoms with Gasteiger partial charge in [-0.3, -0.25) is 9.69 Å². The molecule has 5 nitrogen and oxygen atoms in total. The van der Waals surface area contributed by atoms with E-state index in [2.05, 4.69) is 4.90 Å². The summed E-state index contributed by atoms with van der Waals surface area (Å²) in [5.74, 6) is -0.788. The summed E-state index contributed by atoms with van der Waals surface area (Å²) in [5, 5.41) is 9.54. The number of rotatable bonds is 1. The monoisotopic (exact) mass is 260 g/mol. The lowest BCUT2D eigenvalue weighted by Gasteiger charge is -2.47.